The van der Waals surface area contributed by atoms with Gasteiger partial charge in [-0.25, -0.2) is 0 Å². The van der Waals surface area contributed by atoms with Crippen molar-refractivity contribution in [3.05, 3.63) is 23.8 Å². The summed E-state index contributed by atoms with van der Waals surface area (Å²) in [6.45, 7) is 2.10. The van der Waals surface area contributed by atoms with Crippen LogP contribution in [-0.2, 0) is 15.6 Å². The Balaban J connectivity index is 2.63. The van der Waals surface area contributed by atoms with Gasteiger partial charge in [0.1, 0.15) is 5.75 Å². The molecule has 0 aromatic heterocycles. The highest BCUT2D eigenvalue weighted by Gasteiger charge is 2.12. The molecule has 0 aliphatic rings. The summed E-state index contributed by atoms with van der Waals surface area (Å²) in [6, 6.07) is 7.04. The number of nitrogen functional groups attached to an aromatic ring is 1. The summed E-state index contributed by atoms with van der Waals surface area (Å²) in [6.07, 6.45) is 0.246. The van der Waals surface area contributed by atoms with Gasteiger partial charge >= 0.3 is 0 Å². The fraction of sp³-hybridized carbons (Fsp3) is 0.333. The van der Waals surface area contributed by atoms with E-state index in [-0.39, 0.29) is 24.6 Å². The fourth-order valence-corrected chi connectivity index (χ4v) is 2.56. The molecule has 0 heterocycles. The van der Waals surface area contributed by atoms with Gasteiger partial charge in [-0.1, -0.05) is 6.07 Å². The average molecular weight is 265 g/mol. The van der Waals surface area contributed by atoms with E-state index in [9.17, 15) is 9.00 Å². The van der Waals surface area contributed by atoms with E-state index < -0.39 is 10.8 Å². The lowest BCUT2D eigenvalue weighted by molar-refractivity contribution is -0.118. The van der Waals surface area contributed by atoms with Crippen LogP contribution in [0.3, 0.4) is 0 Å². The average Bonchev–Trinajstić information content (AvgIpc) is 2.32. The SMILES string of the molecule is Cc1ccc(N)cc1S(=O)CC(=O)NCCC#N. The number of nitrogens with zero attached hydrogens (tertiary/aromatic N) is 1. The van der Waals surface area contributed by atoms with Crippen molar-refractivity contribution in [1.29, 1.82) is 5.26 Å². The van der Waals surface area contributed by atoms with Gasteiger partial charge in [0.15, 0.2) is 0 Å². The Kier molecular flexibility index (Phi) is 5.33. The third-order valence-corrected chi connectivity index (χ3v) is 3.73. The number of nitriles is 1. The molecule has 0 bridgehead atoms. The maximum atomic E-state index is 12.0. The molecule has 1 aromatic rings. The van der Waals surface area contributed by atoms with E-state index in [1.165, 1.54) is 0 Å². The predicted octanol–water partition coefficient (Wildman–Crippen LogP) is 0.715. The summed E-state index contributed by atoms with van der Waals surface area (Å²) in [4.78, 5) is 12.0. The van der Waals surface area contributed by atoms with E-state index in [0.29, 0.717) is 10.6 Å². The number of hydrogen-bond donors (Lipinski definition) is 2. The fourth-order valence-electron chi connectivity index (χ4n) is 1.37. The van der Waals surface area contributed by atoms with Gasteiger partial charge in [-0.2, -0.15) is 5.26 Å². The number of hydrogen-bond acceptors (Lipinski definition) is 4. The van der Waals surface area contributed by atoms with Crippen molar-refractivity contribution < 1.29 is 9.00 Å². The number of amides is 1. The molecular weight excluding hydrogens is 250 g/mol. The first kappa shape index (κ1) is 14.2. The molecule has 1 rings (SSSR count). The lowest BCUT2D eigenvalue weighted by Gasteiger charge is -2.07. The minimum atomic E-state index is -1.42. The molecule has 1 aromatic carbocycles. The van der Waals surface area contributed by atoms with E-state index in [1.807, 2.05) is 13.0 Å². The largest absolute Gasteiger partial charge is 0.399 e. The molecule has 6 heteroatoms. The molecule has 1 amide bonds. The van der Waals surface area contributed by atoms with E-state index in [1.54, 1.807) is 18.2 Å². The zero-order chi connectivity index (χ0) is 13.5. The zero-order valence-corrected chi connectivity index (χ0v) is 10.9. The van der Waals surface area contributed by atoms with Gasteiger partial charge in [0.25, 0.3) is 0 Å². The van der Waals surface area contributed by atoms with Crippen molar-refractivity contribution in [3.63, 3.8) is 0 Å². The normalized spacial score (nSPS) is 11.6. The van der Waals surface area contributed by atoms with E-state index in [4.69, 9.17) is 11.0 Å². The molecule has 1 atom stereocenters. The maximum Gasteiger partial charge on any atom is 0.233 e. The predicted molar refractivity (Wildman–Crippen MR) is 70.1 cm³/mol. The van der Waals surface area contributed by atoms with Crippen molar-refractivity contribution in [2.24, 2.45) is 0 Å². The van der Waals surface area contributed by atoms with Crippen molar-refractivity contribution >= 4 is 22.4 Å². The number of nitrogens with one attached hydrogen (secondary N) is 1. The van der Waals surface area contributed by atoms with Crippen LogP contribution in [0.4, 0.5) is 5.69 Å². The zero-order valence-electron chi connectivity index (χ0n) is 10.1. The van der Waals surface area contributed by atoms with Crippen LogP contribution in [0.5, 0.6) is 0 Å². The van der Waals surface area contributed by atoms with Crippen LogP contribution < -0.4 is 11.1 Å². The molecule has 1 unspecified atom stereocenters. The summed E-state index contributed by atoms with van der Waals surface area (Å²) in [5, 5.41) is 10.9. The number of nitrogens with two attached hydrogens (primary N) is 1. The third-order valence-electron chi connectivity index (χ3n) is 2.28. The topological polar surface area (TPSA) is 96.0 Å². The van der Waals surface area contributed by atoms with Crippen molar-refractivity contribution in [3.8, 4) is 6.07 Å². The van der Waals surface area contributed by atoms with Crippen LogP contribution in [0, 0.1) is 18.3 Å². The Labute approximate surface area is 108 Å². The Bertz CT molecular complexity index is 509. The molecule has 0 fully saturated rings. The third kappa shape index (κ3) is 4.18. The molecule has 0 saturated heterocycles. The van der Waals surface area contributed by atoms with Crippen molar-refractivity contribution in [1.82, 2.24) is 5.32 Å². The highest BCUT2D eigenvalue weighted by molar-refractivity contribution is 7.85. The number of anilines is 1. The lowest BCUT2D eigenvalue weighted by Crippen LogP contribution is -2.29. The quantitative estimate of drug-likeness (QED) is 0.605. The first-order valence-electron chi connectivity index (χ1n) is 5.42. The van der Waals surface area contributed by atoms with Crippen LogP contribution in [0.15, 0.2) is 23.1 Å². The Morgan fingerprint density at radius 1 is 1.56 bits per heavy atom. The van der Waals surface area contributed by atoms with Crippen LogP contribution in [0.1, 0.15) is 12.0 Å². The van der Waals surface area contributed by atoms with Crippen LogP contribution in [0.25, 0.3) is 0 Å². The molecule has 3 N–H and O–H groups in total. The van der Waals surface area contributed by atoms with Gasteiger partial charge in [-0.05, 0) is 24.6 Å². The van der Waals surface area contributed by atoms with Crippen LogP contribution in [-0.4, -0.2) is 22.4 Å². The Morgan fingerprint density at radius 3 is 2.94 bits per heavy atom. The first-order chi connectivity index (χ1) is 8.54. The number of benzene rings is 1. The number of carbonyl (C=O) groups is 1. The van der Waals surface area contributed by atoms with E-state index in [2.05, 4.69) is 5.32 Å². The van der Waals surface area contributed by atoms with Crippen LogP contribution >= 0.6 is 0 Å². The minimum Gasteiger partial charge on any atom is -0.399 e. The van der Waals surface area contributed by atoms with Gasteiger partial charge in [-0.3, -0.25) is 9.00 Å². The van der Waals surface area contributed by atoms with Gasteiger partial charge < -0.3 is 11.1 Å². The second kappa shape index (κ2) is 6.77. The molecular formula is C12H15N3O2S. The number of carbonyl (C=O) groups excluding carboxylic acids is 1. The molecule has 0 saturated carbocycles. The molecule has 0 aliphatic heterocycles. The van der Waals surface area contributed by atoms with Gasteiger partial charge in [-0.15, -0.1) is 0 Å². The van der Waals surface area contributed by atoms with Crippen LogP contribution in [0.2, 0.25) is 0 Å². The maximum absolute atomic E-state index is 12.0. The van der Waals surface area contributed by atoms with E-state index >= 15 is 0 Å². The summed E-state index contributed by atoms with van der Waals surface area (Å²) in [5.41, 5.74) is 6.99. The first-order valence-corrected chi connectivity index (χ1v) is 6.74. The highest BCUT2D eigenvalue weighted by atomic mass is 32.2. The lowest BCUT2D eigenvalue weighted by atomic mass is 10.2. The molecule has 5 nitrogen and oxygen atoms in total. The summed E-state index contributed by atoms with van der Waals surface area (Å²) >= 11 is 0. The van der Waals surface area contributed by atoms with Crippen molar-refractivity contribution in [2.75, 3.05) is 18.0 Å². The van der Waals surface area contributed by atoms with Gasteiger partial charge in [0, 0.05) is 17.1 Å². The summed E-state index contributed by atoms with van der Waals surface area (Å²) in [7, 11) is -1.42. The Morgan fingerprint density at radius 2 is 2.28 bits per heavy atom. The molecule has 0 aliphatic carbocycles. The van der Waals surface area contributed by atoms with Gasteiger partial charge in [0.05, 0.1) is 23.3 Å². The molecule has 0 spiro atoms. The summed E-state index contributed by atoms with van der Waals surface area (Å²) < 4.78 is 12.0. The van der Waals surface area contributed by atoms with Crippen molar-refractivity contribution in [2.45, 2.75) is 18.2 Å². The highest BCUT2D eigenvalue weighted by Crippen LogP contribution is 2.16. The number of rotatable bonds is 5. The molecule has 96 valence electrons. The second-order valence-electron chi connectivity index (χ2n) is 3.77. The molecule has 18 heavy (non-hydrogen) atoms. The number of aryl methyl sites for hydroxylation is 1. The standard InChI is InChI=1S/C12H15N3O2S/c1-9-3-4-10(14)7-11(9)18(17)8-12(16)15-6-2-5-13/h3-4,7H,2,6,8,14H2,1H3,(H,15,16). The summed E-state index contributed by atoms with van der Waals surface area (Å²) in [5.74, 6) is -0.444. The second-order valence-corrected chi connectivity index (χ2v) is 5.19. The Hall–Kier alpha value is -1.87. The smallest absolute Gasteiger partial charge is 0.233 e. The minimum absolute atomic E-state index is 0.115. The molecule has 0 radical (unpaired) electrons. The monoisotopic (exact) mass is 265 g/mol. The van der Waals surface area contributed by atoms with E-state index in [0.717, 1.165) is 5.56 Å². The van der Waals surface area contributed by atoms with Gasteiger partial charge in [0.2, 0.25) is 5.91 Å².